The molecule has 18 heavy (non-hydrogen) atoms. The number of hydrogen-bond acceptors (Lipinski definition) is 2. The zero-order valence-corrected chi connectivity index (χ0v) is 10.8. The summed E-state index contributed by atoms with van der Waals surface area (Å²) < 4.78 is 36.2. The van der Waals surface area contributed by atoms with Gasteiger partial charge in [0, 0.05) is 10.7 Å². The van der Waals surface area contributed by atoms with Crippen LogP contribution in [0.3, 0.4) is 0 Å². The highest BCUT2D eigenvalue weighted by Gasteiger charge is 2.26. The van der Waals surface area contributed by atoms with Crippen LogP contribution < -0.4 is 0 Å². The molecule has 2 nitrogen and oxygen atoms in total. The lowest BCUT2D eigenvalue weighted by Crippen LogP contribution is -2.09. The highest BCUT2D eigenvalue weighted by atomic mass is 35.7. The fraction of sp³-hybridized carbons (Fsp3) is 0.0769. The van der Waals surface area contributed by atoms with Crippen LogP contribution >= 0.6 is 10.7 Å². The van der Waals surface area contributed by atoms with Gasteiger partial charge in [-0.15, -0.1) is 0 Å². The van der Waals surface area contributed by atoms with E-state index in [1.54, 1.807) is 30.3 Å². The van der Waals surface area contributed by atoms with Gasteiger partial charge in [-0.1, -0.05) is 42.5 Å². The lowest BCUT2D eigenvalue weighted by atomic mass is 10.0. The van der Waals surface area contributed by atoms with Gasteiger partial charge in [0.1, 0.15) is 11.1 Å². The predicted molar refractivity (Wildman–Crippen MR) is 69.5 cm³/mol. The Balaban J connectivity index is 2.55. The highest BCUT2D eigenvalue weighted by Crippen LogP contribution is 2.32. The lowest BCUT2D eigenvalue weighted by Gasteiger charge is -2.14. The van der Waals surface area contributed by atoms with Gasteiger partial charge in [-0.05, 0) is 23.3 Å². The molecular formula is C13H10ClFO2S. The van der Waals surface area contributed by atoms with E-state index >= 15 is 0 Å². The van der Waals surface area contributed by atoms with E-state index < -0.39 is 20.1 Å². The van der Waals surface area contributed by atoms with Gasteiger partial charge in [0.15, 0.2) is 0 Å². The molecule has 2 rings (SSSR count). The standard InChI is InChI=1S/C13H10ClFO2S/c14-18(16,17)13(10-4-2-1-3-5-10)11-6-8-12(15)9-7-11/h1-9,13H. The summed E-state index contributed by atoms with van der Waals surface area (Å²) in [5.74, 6) is -0.419. The minimum absolute atomic E-state index is 0.419. The molecule has 0 aliphatic heterocycles. The third-order valence-corrected chi connectivity index (χ3v) is 4.20. The van der Waals surface area contributed by atoms with Gasteiger partial charge in [-0.25, -0.2) is 12.8 Å². The molecule has 1 atom stereocenters. The third kappa shape index (κ3) is 2.89. The fourth-order valence-electron chi connectivity index (χ4n) is 1.78. The first-order valence-electron chi connectivity index (χ1n) is 5.22. The fourth-order valence-corrected chi connectivity index (χ4v) is 3.36. The van der Waals surface area contributed by atoms with Gasteiger partial charge in [-0.3, -0.25) is 0 Å². The Morgan fingerprint density at radius 1 is 0.889 bits per heavy atom. The normalized spacial score (nSPS) is 13.2. The van der Waals surface area contributed by atoms with Crippen LogP contribution in [0.5, 0.6) is 0 Å². The van der Waals surface area contributed by atoms with Gasteiger partial charge in [0.2, 0.25) is 9.05 Å². The Hall–Kier alpha value is -1.39. The van der Waals surface area contributed by atoms with Crippen LogP contribution in [0.4, 0.5) is 4.39 Å². The number of hydrogen-bond donors (Lipinski definition) is 0. The number of rotatable bonds is 3. The van der Waals surface area contributed by atoms with E-state index in [-0.39, 0.29) is 0 Å². The zero-order chi connectivity index (χ0) is 13.2. The van der Waals surface area contributed by atoms with Crippen LogP contribution in [0.25, 0.3) is 0 Å². The lowest BCUT2D eigenvalue weighted by molar-refractivity contribution is 0.602. The maximum Gasteiger partial charge on any atom is 0.243 e. The van der Waals surface area contributed by atoms with Crippen molar-refractivity contribution in [3.05, 3.63) is 71.5 Å². The summed E-state index contributed by atoms with van der Waals surface area (Å²) in [4.78, 5) is 0. The summed E-state index contributed by atoms with van der Waals surface area (Å²) >= 11 is 0. The Bertz CT molecular complexity index is 624. The topological polar surface area (TPSA) is 34.1 Å². The van der Waals surface area contributed by atoms with E-state index in [9.17, 15) is 12.8 Å². The molecule has 0 amide bonds. The summed E-state index contributed by atoms with van der Waals surface area (Å²) in [7, 11) is 1.65. The van der Waals surface area contributed by atoms with Crippen molar-refractivity contribution in [2.75, 3.05) is 0 Å². The summed E-state index contributed by atoms with van der Waals surface area (Å²) in [6.45, 7) is 0. The Labute approximate surface area is 109 Å². The maximum absolute atomic E-state index is 12.9. The van der Waals surface area contributed by atoms with Crippen molar-refractivity contribution in [2.45, 2.75) is 5.25 Å². The average Bonchev–Trinajstić information content (AvgIpc) is 2.32. The van der Waals surface area contributed by atoms with Crippen LogP contribution in [0.2, 0.25) is 0 Å². The second-order valence-electron chi connectivity index (χ2n) is 3.82. The van der Waals surface area contributed by atoms with Gasteiger partial charge in [-0.2, -0.15) is 0 Å². The molecule has 0 radical (unpaired) electrons. The first-order chi connectivity index (χ1) is 8.48. The maximum atomic E-state index is 12.9. The van der Waals surface area contributed by atoms with Crippen LogP contribution in [0.15, 0.2) is 54.6 Å². The van der Waals surface area contributed by atoms with Crippen molar-refractivity contribution in [1.82, 2.24) is 0 Å². The summed E-state index contributed by atoms with van der Waals surface area (Å²) in [5.41, 5.74) is 0.997. The zero-order valence-electron chi connectivity index (χ0n) is 9.25. The van der Waals surface area contributed by atoms with Crippen LogP contribution in [0, 0.1) is 5.82 Å². The summed E-state index contributed by atoms with van der Waals surface area (Å²) in [5, 5.41) is -0.985. The molecule has 0 aliphatic carbocycles. The molecule has 0 aromatic heterocycles. The first-order valence-corrected chi connectivity index (χ1v) is 7.59. The van der Waals surface area contributed by atoms with E-state index in [0.29, 0.717) is 11.1 Å². The van der Waals surface area contributed by atoms with Crippen molar-refractivity contribution in [2.24, 2.45) is 0 Å². The van der Waals surface area contributed by atoms with E-state index in [1.165, 1.54) is 24.3 Å². The largest absolute Gasteiger partial charge is 0.243 e. The molecule has 2 aromatic carbocycles. The third-order valence-electron chi connectivity index (χ3n) is 2.56. The molecule has 0 bridgehead atoms. The molecule has 0 heterocycles. The monoisotopic (exact) mass is 284 g/mol. The second kappa shape index (κ2) is 5.08. The van der Waals surface area contributed by atoms with Crippen molar-refractivity contribution in [3.8, 4) is 0 Å². The molecule has 2 aromatic rings. The average molecular weight is 285 g/mol. The summed E-state index contributed by atoms with van der Waals surface area (Å²) in [6.07, 6.45) is 0. The summed E-state index contributed by atoms with van der Waals surface area (Å²) in [6, 6.07) is 13.9. The van der Waals surface area contributed by atoms with Crippen molar-refractivity contribution in [1.29, 1.82) is 0 Å². The van der Waals surface area contributed by atoms with Crippen molar-refractivity contribution >= 4 is 19.7 Å². The molecule has 94 valence electrons. The van der Waals surface area contributed by atoms with Crippen LogP contribution in [-0.4, -0.2) is 8.42 Å². The van der Waals surface area contributed by atoms with Crippen molar-refractivity contribution < 1.29 is 12.8 Å². The molecule has 0 saturated carbocycles. The molecule has 0 fully saturated rings. The van der Waals surface area contributed by atoms with Crippen LogP contribution in [-0.2, 0) is 9.05 Å². The number of benzene rings is 2. The highest BCUT2D eigenvalue weighted by molar-refractivity contribution is 8.14. The molecular weight excluding hydrogens is 275 g/mol. The SMILES string of the molecule is O=S(=O)(Cl)C(c1ccccc1)c1ccc(F)cc1. The minimum Gasteiger partial charge on any atom is -0.211 e. The van der Waals surface area contributed by atoms with Gasteiger partial charge >= 0.3 is 0 Å². The molecule has 0 saturated heterocycles. The molecule has 0 aliphatic rings. The predicted octanol–water partition coefficient (Wildman–Crippen LogP) is 3.48. The Kier molecular flexibility index (Phi) is 3.68. The molecule has 5 heteroatoms. The van der Waals surface area contributed by atoms with Gasteiger partial charge < -0.3 is 0 Å². The van der Waals surface area contributed by atoms with Gasteiger partial charge in [0.05, 0.1) is 0 Å². The Morgan fingerprint density at radius 2 is 1.39 bits per heavy atom. The second-order valence-corrected chi connectivity index (χ2v) is 6.53. The minimum atomic E-state index is -3.83. The number of halogens is 2. The van der Waals surface area contributed by atoms with E-state index in [4.69, 9.17) is 10.7 Å². The smallest absolute Gasteiger partial charge is 0.211 e. The van der Waals surface area contributed by atoms with E-state index in [2.05, 4.69) is 0 Å². The molecule has 0 spiro atoms. The molecule has 1 unspecified atom stereocenters. The van der Waals surface area contributed by atoms with E-state index in [1.807, 2.05) is 0 Å². The van der Waals surface area contributed by atoms with Crippen LogP contribution in [0.1, 0.15) is 16.4 Å². The Morgan fingerprint density at radius 3 is 1.89 bits per heavy atom. The quantitative estimate of drug-likeness (QED) is 0.809. The molecule has 0 N–H and O–H groups in total. The van der Waals surface area contributed by atoms with Crippen molar-refractivity contribution in [3.63, 3.8) is 0 Å². The first kappa shape index (κ1) is 13.1. The van der Waals surface area contributed by atoms with Gasteiger partial charge in [0.25, 0.3) is 0 Å². The van der Waals surface area contributed by atoms with E-state index in [0.717, 1.165) is 0 Å².